The van der Waals surface area contributed by atoms with E-state index in [9.17, 15) is 9.59 Å². The minimum absolute atomic E-state index is 0.272. The lowest BCUT2D eigenvalue weighted by atomic mass is 10.1. The molecular weight excluding hydrogens is 374 g/mol. The maximum Gasteiger partial charge on any atom is 0.274 e. The summed E-state index contributed by atoms with van der Waals surface area (Å²) in [5, 5.41) is 9.29. The highest BCUT2D eigenvalue weighted by atomic mass is 32.1. The van der Waals surface area contributed by atoms with Crippen LogP contribution in [0, 0.1) is 4.77 Å². The SMILES string of the molecule is O=C(Nc1cccc(-c2ccc(=O)[nH]n2)c1)c1c[nH]c(=S)n1-c1ccccc1. The number of rotatable bonds is 4. The van der Waals surface area contributed by atoms with Crippen LogP contribution in [0.3, 0.4) is 0 Å². The average molecular weight is 389 g/mol. The quantitative estimate of drug-likeness (QED) is 0.465. The van der Waals surface area contributed by atoms with Gasteiger partial charge in [0, 0.05) is 29.2 Å². The van der Waals surface area contributed by atoms with E-state index >= 15 is 0 Å². The second-order valence-electron chi connectivity index (χ2n) is 5.99. The van der Waals surface area contributed by atoms with Crippen molar-refractivity contribution < 1.29 is 4.79 Å². The topological polar surface area (TPSA) is 95.6 Å². The summed E-state index contributed by atoms with van der Waals surface area (Å²) in [4.78, 5) is 27.0. The summed E-state index contributed by atoms with van der Waals surface area (Å²) in [5.41, 5.74) is 2.88. The Morgan fingerprint density at radius 1 is 1.04 bits per heavy atom. The number of imidazole rings is 1. The fourth-order valence-corrected chi connectivity index (χ4v) is 3.09. The van der Waals surface area contributed by atoms with E-state index in [1.165, 1.54) is 6.07 Å². The molecule has 0 saturated heterocycles. The Balaban J connectivity index is 1.64. The van der Waals surface area contributed by atoms with E-state index in [1.807, 2.05) is 36.4 Å². The molecule has 138 valence electrons. The third-order valence-corrected chi connectivity index (χ3v) is 4.42. The van der Waals surface area contributed by atoms with Crippen molar-refractivity contribution in [2.75, 3.05) is 5.32 Å². The van der Waals surface area contributed by atoms with E-state index in [2.05, 4.69) is 20.5 Å². The molecule has 0 aliphatic rings. The van der Waals surface area contributed by atoms with Crippen LogP contribution in [-0.4, -0.2) is 25.7 Å². The van der Waals surface area contributed by atoms with Crippen molar-refractivity contribution in [2.24, 2.45) is 0 Å². The van der Waals surface area contributed by atoms with Gasteiger partial charge in [-0.05, 0) is 42.5 Å². The number of hydrogen-bond acceptors (Lipinski definition) is 4. The average Bonchev–Trinajstić information content (AvgIpc) is 3.11. The second-order valence-corrected chi connectivity index (χ2v) is 6.38. The highest BCUT2D eigenvalue weighted by Crippen LogP contribution is 2.21. The summed E-state index contributed by atoms with van der Waals surface area (Å²) >= 11 is 5.32. The monoisotopic (exact) mass is 389 g/mol. The van der Waals surface area contributed by atoms with Gasteiger partial charge in [-0.25, -0.2) is 5.10 Å². The number of aromatic amines is 2. The minimum atomic E-state index is -0.303. The third-order valence-electron chi connectivity index (χ3n) is 4.12. The number of aromatic nitrogens is 4. The van der Waals surface area contributed by atoms with E-state index in [4.69, 9.17) is 12.2 Å². The van der Waals surface area contributed by atoms with Gasteiger partial charge in [0.15, 0.2) is 4.77 Å². The zero-order valence-corrected chi connectivity index (χ0v) is 15.4. The van der Waals surface area contributed by atoms with Crippen LogP contribution in [-0.2, 0) is 0 Å². The van der Waals surface area contributed by atoms with E-state index in [0.717, 1.165) is 11.3 Å². The molecule has 0 aliphatic carbocycles. The van der Waals surface area contributed by atoms with E-state index in [-0.39, 0.29) is 11.5 Å². The first-order valence-electron chi connectivity index (χ1n) is 8.45. The number of nitrogens with one attached hydrogen (secondary N) is 3. The normalized spacial score (nSPS) is 10.6. The molecule has 2 aromatic carbocycles. The number of anilines is 1. The van der Waals surface area contributed by atoms with Crippen LogP contribution in [0.5, 0.6) is 0 Å². The standard InChI is InChI=1S/C20H15N5O2S/c26-18-10-9-16(23-24-18)13-5-4-6-14(11-13)22-19(27)17-12-21-20(28)25(17)15-7-2-1-3-8-15/h1-12H,(H,21,28)(H,22,27)(H,24,26). The van der Waals surface area contributed by atoms with E-state index in [1.54, 1.807) is 35.0 Å². The molecule has 8 heteroatoms. The van der Waals surface area contributed by atoms with Crippen molar-refractivity contribution in [2.45, 2.75) is 0 Å². The molecule has 0 bridgehead atoms. The molecule has 4 rings (SSSR count). The first kappa shape index (κ1) is 17.6. The van der Waals surface area contributed by atoms with Crippen molar-refractivity contribution in [1.82, 2.24) is 19.7 Å². The van der Waals surface area contributed by atoms with Crippen LogP contribution in [0.25, 0.3) is 16.9 Å². The Labute approximate surface area is 164 Å². The summed E-state index contributed by atoms with van der Waals surface area (Å²) in [6.07, 6.45) is 1.58. The van der Waals surface area contributed by atoms with Crippen molar-refractivity contribution >= 4 is 23.8 Å². The molecule has 0 fully saturated rings. The molecule has 1 amide bonds. The molecule has 2 heterocycles. The first-order valence-corrected chi connectivity index (χ1v) is 8.86. The molecule has 0 saturated carbocycles. The largest absolute Gasteiger partial charge is 0.336 e. The van der Waals surface area contributed by atoms with Crippen LogP contribution >= 0.6 is 12.2 Å². The molecular formula is C20H15N5O2S. The minimum Gasteiger partial charge on any atom is -0.336 e. The molecule has 0 spiro atoms. The third kappa shape index (κ3) is 3.53. The van der Waals surface area contributed by atoms with Crippen molar-refractivity contribution in [3.63, 3.8) is 0 Å². The smallest absolute Gasteiger partial charge is 0.274 e. The molecule has 28 heavy (non-hydrogen) atoms. The Morgan fingerprint density at radius 3 is 2.61 bits per heavy atom. The van der Waals surface area contributed by atoms with Gasteiger partial charge in [0.25, 0.3) is 11.5 Å². The number of para-hydroxylation sites is 1. The fraction of sp³-hybridized carbons (Fsp3) is 0. The maximum atomic E-state index is 12.9. The molecule has 0 aliphatic heterocycles. The highest BCUT2D eigenvalue weighted by Gasteiger charge is 2.15. The summed E-state index contributed by atoms with van der Waals surface area (Å²) in [6, 6.07) is 19.7. The molecule has 0 atom stereocenters. The van der Waals surface area contributed by atoms with Gasteiger partial charge in [-0.15, -0.1) is 0 Å². The van der Waals surface area contributed by atoms with Gasteiger partial charge in [-0.2, -0.15) is 5.10 Å². The van der Waals surface area contributed by atoms with Gasteiger partial charge in [-0.1, -0.05) is 30.3 Å². The lowest BCUT2D eigenvalue weighted by Crippen LogP contribution is -2.16. The fourth-order valence-electron chi connectivity index (χ4n) is 2.83. The number of H-pyrrole nitrogens is 2. The van der Waals surface area contributed by atoms with Gasteiger partial charge in [0.2, 0.25) is 0 Å². The van der Waals surface area contributed by atoms with Gasteiger partial charge >= 0.3 is 0 Å². The lowest BCUT2D eigenvalue weighted by molar-refractivity contribution is 0.102. The number of carbonyl (C=O) groups excluding carboxylic acids is 1. The van der Waals surface area contributed by atoms with Gasteiger partial charge in [0.1, 0.15) is 5.69 Å². The summed E-state index contributed by atoms with van der Waals surface area (Å²) < 4.78 is 2.11. The number of hydrogen-bond donors (Lipinski definition) is 3. The molecule has 7 nitrogen and oxygen atoms in total. The maximum absolute atomic E-state index is 12.9. The number of amides is 1. The van der Waals surface area contributed by atoms with Gasteiger partial charge in [0.05, 0.1) is 5.69 Å². The van der Waals surface area contributed by atoms with E-state index < -0.39 is 0 Å². The molecule has 0 unspecified atom stereocenters. The van der Waals surface area contributed by atoms with Crippen molar-refractivity contribution in [1.29, 1.82) is 0 Å². The summed E-state index contributed by atoms with van der Waals surface area (Å²) in [6.45, 7) is 0. The summed E-state index contributed by atoms with van der Waals surface area (Å²) in [7, 11) is 0. The van der Waals surface area contributed by atoms with Crippen LogP contribution in [0.4, 0.5) is 5.69 Å². The predicted octanol–water partition coefficient (Wildman–Crippen LogP) is 3.54. The second kappa shape index (κ2) is 7.45. The molecule has 0 radical (unpaired) electrons. The Bertz CT molecular complexity index is 1240. The number of carbonyl (C=O) groups is 1. The molecule has 2 aromatic heterocycles. The van der Waals surface area contributed by atoms with Crippen LogP contribution in [0.2, 0.25) is 0 Å². The molecule has 3 N–H and O–H groups in total. The Morgan fingerprint density at radius 2 is 1.86 bits per heavy atom. The van der Waals surface area contributed by atoms with Gasteiger partial charge in [-0.3, -0.25) is 14.2 Å². The zero-order valence-electron chi connectivity index (χ0n) is 14.5. The highest BCUT2D eigenvalue weighted by molar-refractivity contribution is 7.71. The van der Waals surface area contributed by atoms with Crippen LogP contribution < -0.4 is 10.9 Å². The van der Waals surface area contributed by atoms with E-state index in [0.29, 0.717) is 21.8 Å². The van der Waals surface area contributed by atoms with Crippen LogP contribution in [0.15, 0.2) is 77.7 Å². The zero-order chi connectivity index (χ0) is 19.5. The predicted molar refractivity (Wildman–Crippen MR) is 109 cm³/mol. The molecule has 4 aromatic rings. The van der Waals surface area contributed by atoms with Gasteiger partial charge < -0.3 is 10.3 Å². The Hall–Kier alpha value is -3.78. The number of nitrogens with zero attached hydrogens (tertiary/aromatic N) is 2. The van der Waals surface area contributed by atoms with Crippen LogP contribution in [0.1, 0.15) is 10.5 Å². The lowest BCUT2D eigenvalue weighted by Gasteiger charge is -2.10. The van der Waals surface area contributed by atoms with Crippen molar-refractivity contribution in [3.05, 3.63) is 93.7 Å². The van der Waals surface area contributed by atoms with Crippen molar-refractivity contribution in [3.8, 4) is 16.9 Å². The number of benzene rings is 2. The Kier molecular flexibility index (Phi) is 4.69. The first-order chi connectivity index (χ1) is 13.6. The summed E-state index contributed by atoms with van der Waals surface area (Å²) in [5.74, 6) is -0.303.